The van der Waals surface area contributed by atoms with Crippen LogP contribution in [0, 0.1) is 0 Å². The zero-order chi connectivity index (χ0) is 16.2. The Bertz CT molecular complexity index is 564. The minimum atomic E-state index is -0.0935. The highest BCUT2D eigenvalue weighted by Crippen LogP contribution is 2.19. The quantitative estimate of drug-likeness (QED) is 0.790. The molecule has 2 heterocycles. The smallest absolute Gasteiger partial charge is 0.234 e. The Hall–Kier alpha value is -1.51. The number of piperazine rings is 1. The van der Waals surface area contributed by atoms with Crippen molar-refractivity contribution in [1.82, 2.24) is 20.1 Å². The van der Waals surface area contributed by atoms with E-state index in [1.807, 2.05) is 5.38 Å². The Kier molecular flexibility index (Phi) is 5.24. The van der Waals surface area contributed by atoms with Crippen LogP contribution in [-0.4, -0.2) is 65.4 Å². The molecule has 1 aromatic heterocycles. The SMILES string of the molecule is CC(=O)Nc1nc(CN2CCN(CC(=O)NC3CC3)CC2)cs1. The summed E-state index contributed by atoms with van der Waals surface area (Å²) in [6.45, 7) is 6.46. The maximum atomic E-state index is 11.8. The number of anilines is 1. The van der Waals surface area contributed by atoms with Crippen LogP contribution < -0.4 is 10.6 Å². The van der Waals surface area contributed by atoms with Crippen molar-refractivity contribution < 1.29 is 9.59 Å². The zero-order valence-electron chi connectivity index (χ0n) is 13.4. The maximum Gasteiger partial charge on any atom is 0.234 e. The molecule has 0 radical (unpaired) electrons. The molecule has 2 amide bonds. The number of rotatable bonds is 6. The molecule has 1 aliphatic heterocycles. The van der Waals surface area contributed by atoms with Crippen molar-refractivity contribution in [3.63, 3.8) is 0 Å². The first-order valence-corrected chi connectivity index (χ1v) is 8.92. The molecule has 8 heteroatoms. The predicted octanol–water partition coefficient (Wildman–Crippen LogP) is 0.498. The molecule has 2 fully saturated rings. The van der Waals surface area contributed by atoms with Gasteiger partial charge in [-0.05, 0) is 12.8 Å². The van der Waals surface area contributed by atoms with Gasteiger partial charge in [-0.3, -0.25) is 19.4 Å². The predicted molar refractivity (Wildman–Crippen MR) is 89.3 cm³/mol. The summed E-state index contributed by atoms with van der Waals surface area (Å²) in [6.07, 6.45) is 2.27. The Morgan fingerprint density at radius 1 is 1.26 bits per heavy atom. The van der Waals surface area contributed by atoms with Crippen LogP contribution in [-0.2, 0) is 16.1 Å². The summed E-state index contributed by atoms with van der Waals surface area (Å²) in [5, 5.41) is 8.38. The monoisotopic (exact) mass is 337 g/mol. The fraction of sp³-hybridized carbons (Fsp3) is 0.667. The molecule has 2 N–H and O–H groups in total. The average molecular weight is 337 g/mol. The Labute approximate surface area is 140 Å². The van der Waals surface area contributed by atoms with Crippen molar-refractivity contribution in [3.8, 4) is 0 Å². The number of carbonyl (C=O) groups is 2. The second-order valence-corrected chi connectivity index (χ2v) is 7.08. The number of hydrogen-bond acceptors (Lipinski definition) is 6. The molecule has 3 rings (SSSR count). The van der Waals surface area contributed by atoms with Crippen LogP contribution in [0.15, 0.2) is 5.38 Å². The van der Waals surface area contributed by atoms with E-state index >= 15 is 0 Å². The number of nitrogens with one attached hydrogen (secondary N) is 2. The second kappa shape index (κ2) is 7.37. The Morgan fingerprint density at radius 3 is 2.61 bits per heavy atom. The lowest BCUT2D eigenvalue weighted by molar-refractivity contribution is -0.122. The number of thiazole rings is 1. The standard InChI is InChI=1S/C15H23N5O2S/c1-11(21)16-15-18-13(10-23-15)8-19-4-6-20(7-5-19)9-14(22)17-12-2-3-12/h10,12H,2-9H2,1H3,(H,17,22)(H,16,18,21). The molecule has 1 saturated carbocycles. The van der Waals surface area contributed by atoms with Crippen LogP contribution in [0.2, 0.25) is 0 Å². The van der Waals surface area contributed by atoms with Gasteiger partial charge in [-0.1, -0.05) is 0 Å². The van der Waals surface area contributed by atoms with E-state index in [0.29, 0.717) is 17.7 Å². The van der Waals surface area contributed by atoms with Gasteiger partial charge in [0.2, 0.25) is 11.8 Å². The third-order valence-corrected chi connectivity index (χ3v) is 4.80. The van der Waals surface area contributed by atoms with Crippen LogP contribution in [0.1, 0.15) is 25.5 Å². The van der Waals surface area contributed by atoms with Crippen molar-refractivity contribution in [1.29, 1.82) is 0 Å². The van der Waals surface area contributed by atoms with E-state index in [9.17, 15) is 9.59 Å². The van der Waals surface area contributed by atoms with E-state index in [4.69, 9.17) is 0 Å². The first-order valence-electron chi connectivity index (χ1n) is 8.04. The van der Waals surface area contributed by atoms with Gasteiger partial charge in [-0.2, -0.15) is 0 Å². The highest BCUT2D eigenvalue weighted by Gasteiger charge is 2.25. The van der Waals surface area contributed by atoms with E-state index in [1.165, 1.54) is 18.3 Å². The Balaban J connectivity index is 1.39. The maximum absolute atomic E-state index is 11.8. The van der Waals surface area contributed by atoms with E-state index in [-0.39, 0.29) is 11.8 Å². The van der Waals surface area contributed by atoms with Crippen molar-refractivity contribution in [2.24, 2.45) is 0 Å². The molecule has 0 aromatic carbocycles. The van der Waals surface area contributed by atoms with Crippen molar-refractivity contribution in [3.05, 3.63) is 11.1 Å². The number of amides is 2. The largest absolute Gasteiger partial charge is 0.352 e. The topological polar surface area (TPSA) is 77.6 Å². The molecule has 1 aliphatic carbocycles. The summed E-state index contributed by atoms with van der Waals surface area (Å²) < 4.78 is 0. The molecule has 0 spiro atoms. The van der Waals surface area contributed by atoms with Gasteiger partial charge in [-0.25, -0.2) is 4.98 Å². The fourth-order valence-electron chi connectivity index (χ4n) is 2.63. The molecule has 0 unspecified atom stereocenters. The summed E-state index contributed by atoms with van der Waals surface area (Å²) in [6, 6.07) is 0.436. The third kappa shape index (κ3) is 5.26. The molecular formula is C15H23N5O2S. The summed E-state index contributed by atoms with van der Waals surface area (Å²) in [7, 11) is 0. The van der Waals surface area contributed by atoms with Crippen LogP contribution >= 0.6 is 11.3 Å². The van der Waals surface area contributed by atoms with Crippen molar-refractivity contribution in [2.45, 2.75) is 32.4 Å². The molecular weight excluding hydrogens is 314 g/mol. The van der Waals surface area contributed by atoms with Gasteiger partial charge in [0.15, 0.2) is 5.13 Å². The number of carbonyl (C=O) groups excluding carboxylic acids is 2. The molecule has 126 valence electrons. The highest BCUT2D eigenvalue weighted by atomic mass is 32.1. The molecule has 1 aromatic rings. The van der Waals surface area contributed by atoms with Crippen LogP contribution in [0.4, 0.5) is 5.13 Å². The number of hydrogen-bond donors (Lipinski definition) is 2. The number of nitrogens with zero attached hydrogens (tertiary/aromatic N) is 3. The summed E-state index contributed by atoms with van der Waals surface area (Å²) in [4.78, 5) is 31.8. The van der Waals surface area contributed by atoms with Gasteiger partial charge in [0.05, 0.1) is 12.2 Å². The van der Waals surface area contributed by atoms with Gasteiger partial charge in [0.1, 0.15) is 0 Å². The normalized spacial score (nSPS) is 19.5. The first-order chi connectivity index (χ1) is 11.1. The number of aromatic nitrogens is 1. The fourth-order valence-corrected chi connectivity index (χ4v) is 3.37. The van der Waals surface area contributed by atoms with E-state index in [2.05, 4.69) is 25.4 Å². The van der Waals surface area contributed by atoms with Crippen molar-refractivity contribution in [2.75, 3.05) is 38.0 Å². The third-order valence-electron chi connectivity index (χ3n) is 3.99. The average Bonchev–Trinajstić information content (AvgIpc) is 3.20. The molecule has 7 nitrogen and oxygen atoms in total. The van der Waals surface area contributed by atoms with Crippen molar-refractivity contribution >= 4 is 28.3 Å². The Morgan fingerprint density at radius 2 is 1.96 bits per heavy atom. The molecule has 2 aliphatic rings. The first kappa shape index (κ1) is 16.4. The van der Waals surface area contributed by atoms with Crippen LogP contribution in [0.25, 0.3) is 0 Å². The van der Waals surface area contributed by atoms with E-state index < -0.39 is 0 Å². The summed E-state index contributed by atoms with van der Waals surface area (Å²) in [5.41, 5.74) is 0.985. The highest BCUT2D eigenvalue weighted by molar-refractivity contribution is 7.13. The lowest BCUT2D eigenvalue weighted by Gasteiger charge is -2.33. The minimum absolute atomic E-state index is 0.0935. The van der Waals surface area contributed by atoms with Gasteiger partial charge in [0, 0.05) is 51.1 Å². The molecule has 0 atom stereocenters. The molecule has 1 saturated heterocycles. The lowest BCUT2D eigenvalue weighted by Crippen LogP contribution is -2.49. The van der Waals surface area contributed by atoms with E-state index in [0.717, 1.165) is 51.3 Å². The van der Waals surface area contributed by atoms with E-state index in [1.54, 1.807) is 0 Å². The molecule has 23 heavy (non-hydrogen) atoms. The van der Waals surface area contributed by atoms with Gasteiger partial charge >= 0.3 is 0 Å². The van der Waals surface area contributed by atoms with Crippen LogP contribution in [0.5, 0.6) is 0 Å². The molecule has 0 bridgehead atoms. The zero-order valence-corrected chi connectivity index (χ0v) is 14.2. The second-order valence-electron chi connectivity index (χ2n) is 6.22. The van der Waals surface area contributed by atoms with Gasteiger partial charge < -0.3 is 10.6 Å². The van der Waals surface area contributed by atoms with Gasteiger partial charge in [0.25, 0.3) is 0 Å². The van der Waals surface area contributed by atoms with Gasteiger partial charge in [-0.15, -0.1) is 11.3 Å². The minimum Gasteiger partial charge on any atom is -0.352 e. The summed E-state index contributed by atoms with van der Waals surface area (Å²) in [5.74, 6) is 0.0596. The lowest BCUT2D eigenvalue weighted by atomic mass is 10.3. The van der Waals surface area contributed by atoms with Crippen LogP contribution in [0.3, 0.4) is 0 Å². The summed E-state index contributed by atoms with van der Waals surface area (Å²) >= 11 is 1.45.